The summed E-state index contributed by atoms with van der Waals surface area (Å²) < 4.78 is 2.48. The maximum Gasteiger partial charge on any atom is 0.166 e. The molecule has 0 aromatic heterocycles. The van der Waals surface area contributed by atoms with Gasteiger partial charge < -0.3 is 17.3 Å². The van der Waals surface area contributed by atoms with E-state index in [-0.39, 0.29) is 12.4 Å². The molecule has 2 heterocycles. The molecule has 2 aliphatic heterocycles. The van der Waals surface area contributed by atoms with Crippen LogP contribution in [0.15, 0.2) is 23.9 Å². The van der Waals surface area contributed by atoms with Crippen LogP contribution in [0.4, 0.5) is 0 Å². The smallest absolute Gasteiger partial charge is 0.166 e. The molecule has 2 aliphatic rings. The summed E-state index contributed by atoms with van der Waals surface area (Å²) in [7, 11) is 0. The molecule has 3 heteroatoms. The first-order valence-corrected chi connectivity index (χ1v) is 8.31. The topological polar surface area (TPSA) is 6.25 Å². The molecule has 21 heavy (non-hydrogen) atoms. The van der Waals surface area contributed by atoms with Crippen LogP contribution in [0.2, 0.25) is 0 Å². The zero-order chi connectivity index (χ0) is 14.4. The Kier molecular flexibility index (Phi) is 8.10. The molecule has 2 rings (SSSR count). The third-order valence-corrected chi connectivity index (χ3v) is 4.42. The van der Waals surface area contributed by atoms with E-state index in [1.165, 1.54) is 57.4 Å². The molecule has 0 aliphatic carbocycles. The van der Waals surface area contributed by atoms with Crippen molar-refractivity contribution >= 4 is 6.21 Å². The minimum absolute atomic E-state index is 0. The minimum atomic E-state index is 0. The first-order valence-electron chi connectivity index (χ1n) is 8.31. The Morgan fingerprint density at radius 2 is 1.90 bits per heavy atom. The number of likely N-dealkylation sites (tertiary alicyclic amines) is 1. The van der Waals surface area contributed by atoms with Crippen molar-refractivity contribution in [3.8, 4) is 0 Å². The number of nitrogens with zero attached hydrogens (tertiary/aromatic N) is 2. The van der Waals surface area contributed by atoms with Gasteiger partial charge in [0, 0.05) is 31.0 Å². The Labute approximate surface area is 137 Å². The van der Waals surface area contributed by atoms with Gasteiger partial charge in [0.2, 0.25) is 0 Å². The van der Waals surface area contributed by atoms with Crippen LogP contribution in [0, 0.1) is 11.8 Å². The molecule has 2 saturated heterocycles. The number of rotatable bonds is 3. The predicted octanol–water partition coefficient (Wildman–Crippen LogP) is 0.696. The van der Waals surface area contributed by atoms with Crippen LogP contribution in [-0.2, 0) is 0 Å². The summed E-state index contributed by atoms with van der Waals surface area (Å²) in [5.74, 6) is 1.69. The molecule has 0 N–H and O–H groups in total. The van der Waals surface area contributed by atoms with Crippen molar-refractivity contribution in [2.45, 2.75) is 46.5 Å². The first-order chi connectivity index (χ1) is 9.63. The molecule has 2 unspecified atom stereocenters. The average molecular weight is 311 g/mol. The standard InChI is InChI=1S/C18H31N2.ClH/c1-16-7-4-10-19(13-16)11-5-8-17(2)14-20-12-6-9-18(3)15-20;/h5,8,11,14,16,18H,4,6-7,9-10,12-13,15H2,1-3H3;1H/q+1;/p-1. The zero-order valence-electron chi connectivity index (χ0n) is 13.9. The fourth-order valence-electron chi connectivity index (χ4n) is 3.35. The van der Waals surface area contributed by atoms with Crippen molar-refractivity contribution in [2.24, 2.45) is 11.8 Å². The third kappa shape index (κ3) is 6.69. The summed E-state index contributed by atoms with van der Waals surface area (Å²) in [4.78, 5) is 2.46. The lowest BCUT2D eigenvalue weighted by molar-refractivity contribution is -0.540. The number of allylic oxidation sites excluding steroid dienone is 3. The number of halogens is 1. The summed E-state index contributed by atoms with van der Waals surface area (Å²) in [6, 6.07) is 0. The Balaban J connectivity index is 0.00000220. The van der Waals surface area contributed by atoms with Crippen molar-refractivity contribution in [3.63, 3.8) is 0 Å². The van der Waals surface area contributed by atoms with Gasteiger partial charge in [-0.3, -0.25) is 0 Å². The molecular weight excluding hydrogens is 280 g/mol. The molecule has 0 aromatic rings. The fraction of sp³-hybridized carbons (Fsp3) is 0.722. The van der Waals surface area contributed by atoms with Crippen molar-refractivity contribution in [2.75, 3.05) is 26.2 Å². The van der Waals surface area contributed by atoms with Gasteiger partial charge in [-0.2, -0.15) is 0 Å². The largest absolute Gasteiger partial charge is 1.00 e. The molecule has 2 atom stereocenters. The van der Waals surface area contributed by atoms with Gasteiger partial charge in [0.1, 0.15) is 13.1 Å². The number of hydrogen-bond acceptors (Lipinski definition) is 1. The van der Waals surface area contributed by atoms with E-state index < -0.39 is 0 Å². The second-order valence-electron chi connectivity index (χ2n) is 6.87. The van der Waals surface area contributed by atoms with Crippen molar-refractivity contribution in [3.05, 3.63) is 23.9 Å². The van der Waals surface area contributed by atoms with E-state index >= 15 is 0 Å². The SMILES string of the molecule is CC(=CC=CN1CCCC(C)C1)C=[N+]1CCCC(C)C1.[Cl-]. The van der Waals surface area contributed by atoms with Crippen molar-refractivity contribution < 1.29 is 17.0 Å². The third-order valence-electron chi connectivity index (χ3n) is 4.42. The lowest BCUT2D eigenvalue weighted by Gasteiger charge is -2.29. The minimum Gasteiger partial charge on any atom is -1.00 e. The Bertz CT molecular complexity index is 398. The maximum atomic E-state index is 2.48. The van der Waals surface area contributed by atoms with Gasteiger partial charge in [0.25, 0.3) is 0 Å². The van der Waals surface area contributed by atoms with Gasteiger partial charge in [-0.05, 0) is 44.4 Å². The second kappa shape index (κ2) is 9.30. The monoisotopic (exact) mass is 310 g/mol. The molecule has 0 amide bonds. The van der Waals surface area contributed by atoms with E-state index in [9.17, 15) is 0 Å². The highest BCUT2D eigenvalue weighted by molar-refractivity contribution is 5.73. The second-order valence-corrected chi connectivity index (χ2v) is 6.87. The van der Waals surface area contributed by atoms with Gasteiger partial charge in [-0.1, -0.05) is 19.9 Å². The summed E-state index contributed by atoms with van der Waals surface area (Å²) in [6.07, 6.45) is 14.5. The summed E-state index contributed by atoms with van der Waals surface area (Å²) in [6.45, 7) is 11.8. The van der Waals surface area contributed by atoms with Crippen LogP contribution in [-0.4, -0.2) is 41.9 Å². The number of hydrogen-bond donors (Lipinski definition) is 0. The Hall–Kier alpha value is -0.760. The van der Waals surface area contributed by atoms with Gasteiger partial charge in [0.05, 0.1) is 0 Å². The average Bonchev–Trinajstić information content (AvgIpc) is 2.38. The first kappa shape index (κ1) is 18.3. The Morgan fingerprint density at radius 3 is 2.62 bits per heavy atom. The number of piperidine rings is 2. The van der Waals surface area contributed by atoms with Crippen LogP contribution in [0.5, 0.6) is 0 Å². The van der Waals surface area contributed by atoms with Gasteiger partial charge in [-0.15, -0.1) is 0 Å². The summed E-state index contributed by atoms with van der Waals surface area (Å²) in [5.41, 5.74) is 1.36. The van der Waals surface area contributed by atoms with E-state index in [1.54, 1.807) is 0 Å². The zero-order valence-corrected chi connectivity index (χ0v) is 14.6. The van der Waals surface area contributed by atoms with E-state index in [4.69, 9.17) is 0 Å². The molecule has 0 spiro atoms. The van der Waals surface area contributed by atoms with Crippen LogP contribution in [0.25, 0.3) is 0 Å². The van der Waals surface area contributed by atoms with Crippen molar-refractivity contribution in [1.82, 2.24) is 4.90 Å². The molecule has 0 aromatic carbocycles. The summed E-state index contributed by atoms with van der Waals surface area (Å²) >= 11 is 0. The lowest BCUT2D eigenvalue weighted by atomic mass is 10.0. The Morgan fingerprint density at radius 1 is 1.14 bits per heavy atom. The van der Waals surface area contributed by atoms with E-state index in [2.05, 4.69) is 54.8 Å². The van der Waals surface area contributed by atoms with E-state index in [0.717, 1.165) is 11.8 Å². The summed E-state index contributed by atoms with van der Waals surface area (Å²) in [5, 5.41) is 0. The molecule has 0 saturated carbocycles. The maximum absolute atomic E-state index is 2.48. The predicted molar refractivity (Wildman–Crippen MR) is 87.3 cm³/mol. The molecule has 2 fully saturated rings. The quantitative estimate of drug-likeness (QED) is 0.549. The normalized spacial score (nSPS) is 29.8. The van der Waals surface area contributed by atoms with Gasteiger partial charge in [0.15, 0.2) is 6.21 Å². The van der Waals surface area contributed by atoms with Crippen LogP contribution >= 0.6 is 0 Å². The molecule has 0 bridgehead atoms. The fourth-order valence-corrected chi connectivity index (χ4v) is 3.35. The van der Waals surface area contributed by atoms with E-state index in [1.807, 2.05) is 0 Å². The highest BCUT2D eigenvalue weighted by Crippen LogP contribution is 2.15. The van der Waals surface area contributed by atoms with Crippen molar-refractivity contribution in [1.29, 1.82) is 0 Å². The van der Waals surface area contributed by atoms with Crippen LogP contribution in [0.3, 0.4) is 0 Å². The molecule has 0 radical (unpaired) electrons. The lowest BCUT2D eigenvalue weighted by Crippen LogP contribution is -3.00. The van der Waals surface area contributed by atoms with Crippen LogP contribution < -0.4 is 12.4 Å². The van der Waals surface area contributed by atoms with Gasteiger partial charge >= 0.3 is 0 Å². The highest BCUT2D eigenvalue weighted by Gasteiger charge is 2.17. The van der Waals surface area contributed by atoms with Gasteiger partial charge in [-0.25, -0.2) is 4.58 Å². The molecular formula is C18H31ClN2. The highest BCUT2D eigenvalue weighted by atomic mass is 35.5. The van der Waals surface area contributed by atoms with E-state index in [0.29, 0.717) is 0 Å². The van der Waals surface area contributed by atoms with Crippen LogP contribution in [0.1, 0.15) is 46.5 Å². The molecule has 2 nitrogen and oxygen atoms in total. The molecule has 120 valence electrons.